The van der Waals surface area contributed by atoms with E-state index in [9.17, 15) is 9.90 Å². The fourth-order valence-electron chi connectivity index (χ4n) is 2.56. The number of nitrogens with one attached hydrogen (secondary N) is 1. The molecule has 2 fully saturated rings. The molecule has 1 saturated carbocycles. The average molecular weight is 243 g/mol. The number of carbonyl (C=O) groups is 1. The zero-order valence-corrected chi connectivity index (χ0v) is 10.3. The van der Waals surface area contributed by atoms with E-state index < -0.39 is 12.1 Å². The maximum atomic E-state index is 10.7. The first-order valence-corrected chi connectivity index (χ1v) is 6.21. The van der Waals surface area contributed by atoms with Gasteiger partial charge in [0.25, 0.3) is 0 Å². The predicted octanol–water partition coefficient (Wildman–Crippen LogP) is 0.368. The summed E-state index contributed by atoms with van der Waals surface area (Å²) < 4.78 is 5.41. The minimum absolute atomic E-state index is 0.00959. The molecule has 17 heavy (non-hydrogen) atoms. The van der Waals surface area contributed by atoms with Crippen LogP contribution in [-0.2, 0) is 9.53 Å². The largest absolute Gasteiger partial charge is 0.479 e. The molecule has 1 aliphatic carbocycles. The molecule has 5 heteroatoms. The van der Waals surface area contributed by atoms with Gasteiger partial charge in [0.1, 0.15) is 0 Å². The summed E-state index contributed by atoms with van der Waals surface area (Å²) in [5.41, 5.74) is -0.0925. The van der Waals surface area contributed by atoms with Gasteiger partial charge in [-0.05, 0) is 19.3 Å². The number of hydrogen-bond acceptors (Lipinski definition) is 4. The summed E-state index contributed by atoms with van der Waals surface area (Å²) in [7, 11) is 0. The monoisotopic (exact) mass is 243 g/mol. The van der Waals surface area contributed by atoms with Crippen molar-refractivity contribution < 1.29 is 19.7 Å². The van der Waals surface area contributed by atoms with Crippen LogP contribution in [0.2, 0.25) is 0 Å². The van der Waals surface area contributed by atoms with Crippen molar-refractivity contribution in [2.24, 2.45) is 5.41 Å². The fourth-order valence-corrected chi connectivity index (χ4v) is 2.56. The number of aliphatic hydroxyl groups is 1. The minimum Gasteiger partial charge on any atom is -0.479 e. The average Bonchev–Trinajstić information content (AvgIpc) is 2.72. The fraction of sp³-hybridized carbons (Fsp3) is 0.917. The molecule has 0 amide bonds. The Kier molecular flexibility index (Phi) is 3.43. The van der Waals surface area contributed by atoms with E-state index >= 15 is 0 Å². The van der Waals surface area contributed by atoms with Crippen LogP contribution in [0.5, 0.6) is 0 Å². The zero-order valence-electron chi connectivity index (χ0n) is 10.3. The van der Waals surface area contributed by atoms with Crippen molar-refractivity contribution in [2.75, 3.05) is 6.54 Å². The Hall–Kier alpha value is -0.650. The molecule has 1 saturated heterocycles. The summed E-state index contributed by atoms with van der Waals surface area (Å²) in [6.07, 6.45) is 1.27. The molecule has 0 spiro atoms. The summed E-state index contributed by atoms with van der Waals surface area (Å²) >= 11 is 0. The van der Waals surface area contributed by atoms with Gasteiger partial charge in [-0.2, -0.15) is 0 Å². The first-order chi connectivity index (χ1) is 7.91. The van der Waals surface area contributed by atoms with E-state index in [2.05, 4.69) is 5.32 Å². The molecule has 0 aromatic heterocycles. The van der Waals surface area contributed by atoms with Crippen LogP contribution < -0.4 is 5.32 Å². The molecule has 0 aromatic carbocycles. The summed E-state index contributed by atoms with van der Waals surface area (Å²) in [5, 5.41) is 21.8. The van der Waals surface area contributed by atoms with Crippen LogP contribution in [0.25, 0.3) is 0 Å². The molecule has 98 valence electrons. The Morgan fingerprint density at radius 2 is 2.18 bits per heavy atom. The second-order valence-electron chi connectivity index (χ2n) is 5.70. The lowest BCUT2D eigenvalue weighted by atomic mass is 9.64. The summed E-state index contributed by atoms with van der Waals surface area (Å²) in [6.45, 7) is 4.74. The number of carboxylic acids is 1. The molecule has 1 aliphatic heterocycles. The molecule has 4 atom stereocenters. The molecule has 3 N–H and O–H groups in total. The van der Waals surface area contributed by atoms with Crippen LogP contribution in [0.3, 0.4) is 0 Å². The highest BCUT2D eigenvalue weighted by atomic mass is 16.5. The van der Waals surface area contributed by atoms with Crippen molar-refractivity contribution in [2.45, 2.75) is 57.5 Å². The third kappa shape index (κ3) is 2.46. The van der Waals surface area contributed by atoms with Gasteiger partial charge in [-0.1, -0.05) is 13.8 Å². The van der Waals surface area contributed by atoms with Gasteiger partial charge in [0.05, 0.1) is 12.2 Å². The maximum Gasteiger partial charge on any atom is 0.332 e. The second kappa shape index (κ2) is 4.55. The van der Waals surface area contributed by atoms with Gasteiger partial charge >= 0.3 is 5.97 Å². The van der Waals surface area contributed by atoms with Crippen molar-refractivity contribution in [1.82, 2.24) is 5.32 Å². The Labute approximate surface area is 101 Å². The normalized spacial score (nSPS) is 39.9. The third-order valence-corrected chi connectivity index (χ3v) is 4.19. The highest BCUT2D eigenvalue weighted by Gasteiger charge is 2.47. The number of aliphatic carboxylic acids is 1. The summed E-state index contributed by atoms with van der Waals surface area (Å²) in [5.74, 6) is -0.869. The first-order valence-electron chi connectivity index (χ1n) is 6.21. The van der Waals surface area contributed by atoms with Crippen LogP contribution in [0.1, 0.15) is 33.1 Å². The third-order valence-electron chi connectivity index (χ3n) is 4.19. The molecular weight excluding hydrogens is 222 g/mol. The van der Waals surface area contributed by atoms with E-state index in [1.807, 2.05) is 13.8 Å². The van der Waals surface area contributed by atoms with Gasteiger partial charge in [0.2, 0.25) is 0 Å². The molecule has 5 nitrogen and oxygen atoms in total. The first kappa shape index (κ1) is 12.8. The van der Waals surface area contributed by atoms with E-state index in [-0.39, 0.29) is 17.6 Å². The number of hydrogen-bond donors (Lipinski definition) is 3. The highest BCUT2D eigenvalue weighted by molar-refractivity contribution is 5.72. The van der Waals surface area contributed by atoms with Gasteiger partial charge in [0.15, 0.2) is 6.10 Å². The van der Waals surface area contributed by atoms with Crippen LogP contribution in [0.15, 0.2) is 0 Å². The van der Waals surface area contributed by atoms with Crippen molar-refractivity contribution in [3.63, 3.8) is 0 Å². The second-order valence-corrected chi connectivity index (χ2v) is 5.70. The molecule has 0 bridgehead atoms. The molecule has 0 radical (unpaired) electrons. The summed E-state index contributed by atoms with van der Waals surface area (Å²) in [6, 6.07) is 0.296. The van der Waals surface area contributed by atoms with Gasteiger partial charge in [0, 0.05) is 18.0 Å². The Morgan fingerprint density at radius 3 is 2.65 bits per heavy atom. The number of aliphatic hydroxyl groups excluding tert-OH is 1. The van der Waals surface area contributed by atoms with Gasteiger partial charge in [-0.3, -0.25) is 0 Å². The van der Waals surface area contributed by atoms with Gasteiger partial charge < -0.3 is 20.3 Å². The minimum atomic E-state index is -0.869. The lowest BCUT2D eigenvalue weighted by Crippen LogP contribution is -2.60. The van der Waals surface area contributed by atoms with Crippen LogP contribution in [0, 0.1) is 5.41 Å². The molecule has 2 aliphatic rings. The summed E-state index contributed by atoms with van der Waals surface area (Å²) in [4.78, 5) is 10.7. The number of carboxylic acid groups (broad SMARTS) is 1. The maximum absolute atomic E-state index is 10.7. The van der Waals surface area contributed by atoms with Crippen molar-refractivity contribution in [3.05, 3.63) is 0 Å². The van der Waals surface area contributed by atoms with E-state index in [1.54, 1.807) is 0 Å². The van der Waals surface area contributed by atoms with Crippen molar-refractivity contribution >= 4 is 5.97 Å². The zero-order chi connectivity index (χ0) is 12.6. The SMILES string of the molecule is CC1(C)C(O)CC1NCC1CCC(C(=O)O)O1. The molecule has 1 heterocycles. The quantitative estimate of drug-likeness (QED) is 0.665. The Bertz CT molecular complexity index is 305. The predicted molar refractivity (Wildman–Crippen MR) is 61.7 cm³/mol. The van der Waals surface area contributed by atoms with E-state index in [4.69, 9.17) is 9.84 Å². The topological polar surface area (TPSA) is 78.8 Å². The smallest absolute Gasteiger partial charge is 0.332 e. The lowest BCUT2D eigenvalue weighted by Gasteiger charge is -2.50. The van der Waals surface area contributed by atoms with Crippen LogP contribution in [0.4, 0.5) is 0 Å². The van der Waals surface area contributed by atoms with E-state index in [0.717, 1.165) is 12.8 Å². The van der Waals surface area contributed by atoms with Crippen molar-refractivity contribution in [3.8, 4) is 0 Å². The molecule has 0 aromatic rings. The van der Waals surface area contributed by atoms with Crippen molar-refractivity contribution in [1.29, 1.82) is 0 Å². The van der Waals surface area contributed by atoms with Gasteiger partial charge in [-0.25, -0.2) is 4.79 Å². The van der Waals surface area contributed by atoms with Crippen LogP contribution >= 0.6 is 0 Å². The number of rotatable bonds is 4. The van der Waals surface area contributed by atoms with E-state index in [0.29, 0.717) is 19.0 Å². The van der Waals surface area contributed by atoms with Crippen LogP contribution in [-0.4, -0.2) is 47.1 Å². The molecule has 2 rings (SSSR count). The Balaban J connectivity index is 1.72. The Morgan fingerprint density at radius 1 is 1.47 bits per heavy atom. The van der Waals surface area contributed by atoms with Gasteiger partial charge in [-0.15, -0.1) is 0 Å². The highest BCUT2D eigenvalue weighted by Crippen LogP contribution is 2.40. The van der Waals surface area contributed by atoms with E-state index in [1.165, 1.54) is 0 Å². The lowest BCUT2D eigenvalue weighted by molar-refractivity contribution is -0.149. The number of ether oxygens (including phenoxy) is 1. The molecule has 4 unspecified atom stereocenters. The standard InChI is InChI=1S/C12H21NO4/c1-12(2)9(5-10(12)14)13-6-7-3-4-8(17-7)11(15)16/h7-10,13-14H,3-6H2,1-2H3,(H,15,16). The molecular formula is C12H21NO4.